The molecule has 0 bridgehead atoms. The molecule has 0 aliphatic rings. The first kappa shape index (κ1) is 9.03. The van der Waals surface area contributed by atoms with Crippen molar-refractivity contribution in [3.8, 4) is 11.3 Å². The average Bonchev–Trinajstić information content (AvgIpc) is 2.66. The van der Waals surface area contributed by atoms with Gasteiger partial charge in [-0.25, -0.2) is 0 Å². The van der Waals surface area contributed by atoms with Gasteiger partial charge in [-0.3, -0.25) is 4.79 Å². The molecule has 0 saturated heterocycles. The van der Waals surface area contributed by atoms with Crippen LogP contribution in [0.4, 0.5) is 0 Å². The molecule has 1 aromatic heterocycles. The van der Waals surface area contributed by atoms with Crippen LogP contribution in [0.1, 0.15) is 10.5 Å². The number of hydrogen-bond donors (Lipinski definition) is 1. The predicted octanol–water partition coefficient (Wildman–Crippen LogP) is 3.15. The largest absolute Gasteiger partial charge is 0.352 e. The van der Waals surface area contributed by atoms with Crippen LogP contribution in [0.3, 0.4) is 0 Å². The molecule has 0 unspecified atom stereocenters. The van der Waals surface area contributed by atoms with Gasteiger partial charge in [0.2, 0.25) is 0 Å². The molecular formula is C11H8ClNO. The average molecular weight is 206 g/mol. The van der Waals surface area contributed by atoms with Crippen molar-refractivity contribution in [2.45, 2.75) is 0 Å². The van der Waals surface area contributed by atoms with Crippen LogP contribution >= 0.6 is 11.6 Å². The van der Waals surface area contributed by atoms with Crippen LogP contribution in [-0.4, -0.2) is 11.3 Å². The summed E-state index contributed by atoms with van der Waals surface area (Å²) >= 11 is 5.85. The standard InChI is InChI=1S/C11H8ClNO/c12-9-3-1-2-8(6-9)11-5-4-10(7-14)13-11/h1-7,13H. The van der Waals surface area contributed by atoms with Crippen LogP contribution < -0.4 is 0 Å². The highest BCUT2D eigenvalue weighted by molar-refractivity contribution is 6.30. The Balaban J connectivity index is 2.43. The van der Waals surface area contributed by atoms with E-state index in [-0.39, 0.29) is 0 Å². The van der Waals surface area contributed by atoms with E-state index in [9.17, 15) is 4.79 Å². The summed E-state index contributed by atoms with van der Waals surface area (Å²) in [6, 6.07) is 11.1. The Kier molecular flexibility index (Phi) is 2.37. The summed E-state index contributed by atoms with van der Waals surface area (Å²) in [6.45, 7) is 0. The van der Waals surface area contributed by atoms with Gasteiger partial charge in [0.25, 0.3) is 0 Å². The molecular weight excluding hydrogens is 198 g/mol. The zero-order valence-electron chi connectivity index (χ0n) is 7.33. The molecule has 2 rings (SSSR count). The number of aldehydes is 1. The molecule has 3 heteroatoms. The van der Waals surface area contributed by atoms with Crippen LogP contribution in [0.5, 0.6) is 0 Å². The first-order valence-corrected chi connectivity index (χ1v) is 4.57. The molecule has 1 aromatic carbocycles. The Hall–Kier alpha value is -1.54. The number of aromatic amines is 1. The molecule has 70 valence electrons. The molecule has 0 radical (unpaired) electrons. The molecule has 1 N–H and O–H groups in total. The maximum absolute atomic E-state index is 10.5. The number of carbonyl (C=O) groups is 1. The molecule has 1 heterocycles. The summed E-state index contributed by atoms with van der Waals surface area (Å²) in [5, 5.41) is 0.685. The van der Waals surface area contributed by atoms with Crippen molar-refractivity contribution >= 4 is 17.9 Å². The Morgan fingerprint density at radius 3 is 2.71 bits per heavy atom. The number of hydrogen-bond acceptors (Lipinski definition) is 1. The second kappa shape index (κ2) is 3.68. The smallest absolute Gasteiger partial charge is 0.166 e. The van der Waals surface area contributed by atoms with E-state index in [1.54, 1.807) is 6.07 Å². The number of aromatic nitrogens is 1. The van der Waals surface area contributed by atoms with Gasteiger partial charge in [-0.2, -0.15) is 0 Å². The van der Waals surface area contributed by atoms with Crippen LogP contribution in [0.15, 0.2) is 36.4 Å². The molecule has 0 fully saturated rings. The highest BCUT2D eigenvalue weighted by Gasteiger charge is 2.00. The van der Waals surface area contributed by atoms with Crippen molar-refractivity contribution < 1.29 is 4.79 Å². The summed E-state index contributed by atoms with van der Waals surface area (Å²) < 4.78 is 0. The highest BCUT2D eigenvalue weighted by Crippen LogP contribution is 2.21. The topological polar surface area (TPSA) is 32.9 Å². The van der Waals surface area contributed by atoms with E-state index in [0.717, 1.165) is 17.5 Å². The van der Waals surface area contributed by atoms with E-state index >= 15 is 0 Å². The molecule has 14 heavy (non-hydrogen) atoms. The van der Waals surface area contributed by atoms with Crippen molar-refractivity contribution in [2.24, 2.45) is 0 Å². The fourth-order valence-corrected chi connectivity index (χ4v) is 1.50. The normalized spacial score (nSPS) is 10.1. The number of rotatable bonds is 2. The summed E-state index contributed by atoms with van der Waals surface area (Å²) in [5.41, 5.74) is 2.44. The third-order valence-electron chi connectivity index (χ3n) is 1.97. The molecule has 0 saturated carbocycles. The van der Waals surface area contributed by atoms with Gasteiger partial charge in [-0.1, -0.05) is 23.7 Å². The zero-order valence-corrected chi connectivity index (χ0v) is 8.08. The highest BCUT2D eigenvalue weighted by atomic mass is 35.5. The molecule has 0 amide bonds. The summed E-state index contributed by atoms with van der Waals surface area (Å²) in [7, 11) is 0. The third kappa shape index (κ3) is 1.70. The second-order valence-corrected chi connectivity index (χ2v) is 3.39. The van der Waals surface area contributed by atoms with Crippen LogP contribution in [0, 0.1) is 0 Å². The lowest BCUT2D eigenvalue weighted by Crippen LogP contribution is -1.80. The molecule has 0 spiro atoms. The minimum absolute atomic E-state index is 0.569. The minimum atomic E-state index is 0.569. The number of nitrogens with one attached hydrogen (secondary N) is 1. The van der Waals surface area contributed by atoms with Gasteiger partial charge in [0.05, 0.1) is 5.69 Å². The van der Waals surface area contributed by atoms with Crippen LogP contribution in [-0.2, 0) is 0 Å². The molecule has 0 aliphatic carbocycles. The predicted molar refractivity (Wildman–Crippen MR) is 56.6 cm³/mol. The lowest BCUT2D eigenvalue weighted by atomic mass is 10.2. The van der Waals surface area contributed by atoms with Gasteiger partial charge < -0.3 is 4.98 Å². The van der Waals surface area contributed by atoms with Gasteiger partial charge in [-0.15, -0.1) is 0 Å². The maximum atomic E-state index is 10.5. The molecule has 0 atom stereocenters. The summed E-state index contributed by atoms with van der Waals surface area (Å²) in [5.74, 6) is 0. The summed E-state index contributed by atoms with van der Waals surface area (Å²) in [4.78, 5) is 13.4. The minimum Gasteiger partial charge on any atom is -0.352 e. The Morgan fingerprint density at radius 1 is 1.21 bits per heavy atom. The Morgan fingerprint density at radius 2 is 2.07 bits per heavy atom. The van der Waals surface area contributed by atoms with Crippen LogP contribution in [0.25, 0.3) is 11.3 Å². The van der Waals surface area contributed by atoms with E-state index in [1.807, 2.05) is 30.3 Å². The molecule has 0 aliphatic heterocycles. The van der Waals surface area contributed by atoms with E-state index in [4.69, 9.17) is 11.6 Å². The first-order valence-electron chi connectivity index (χ1n) is 4.20. The number of H-pyrrole nitrogens is 1. The van der Waals surface area contributed by atoms with Crippen molar-refractivity contribution in [3.05, 3.63) is 47.1 Å². The van der Waals surface area contributed by atoms with Gasteiger partial charge in [0.1, 0.15) is 0 Å². The fourth-order valence-electron chi connectivity index (χ4n) is 1.31. The van der Waals surface area contributed by atoms with E-state index < -0.39 is 0 Å². The molecule has 2 nitrogen and oxygen atoms in total. The lowest BCUT2D eigenvalue weighted by Gasteiger charge is -1.97. The first-order chi connectivity index (χ1) is 6.79. The summed E-state index contributed by atoms with van der Waals surface area (Å²) in [6.07, 6.45) is 0.786. The van der Waals surface area contributed by atoms with Gasteiger partial charge in [-0.05, 0) is 29.8 Å². The number of benzene rings is 1. The Bertz CT molecular complexity index is 462. The fraction of sp³-hybridized carbons (Fsp3) is 0. The van der Waals surface area contributed by atoms with Crippen molar-refractivity contribution in [3.63, 3.8) is 0 Å². The monoisotopic (exact) mass is 205 g/mol. The molecule has 2 aromatic rings. The van der Waals surface area contributed by atoms with Gasteiger partial charge >= 0.3 is 0 Å². The van der Waals surface area contributed by atoms with Crippen molar-refractivity contribution in [2.75, 3.05) is 0 Å². The quantitative estimate of drug-likeness (QED) is 0.751. The van der Waals surface area contributed by atoms with E-state index in [2.05, 4.69) is 4.98 Å². The third-order valence-corrected chi connectivity index (χ3v) is 2.21. The lowest BCUT2D eigenvalue weighted by molar-refractivity contribution is 0.111. The van der Waals surface area contributed by atoms with Crippen molar-refractivity contribution in [1.82, 2.24) is 4.98 Å². The second-order valence-electron chi connectivity index (χ2n) is 2.96. The number of halogens is 1. The van der Waals surface area contributed by atoms with Crippen molar-refractivity contribution in [1.29, 1.82) is 0 Å². The SMILES string of the molecule is O=Cc1ccc(-c2cccc(Cl)c2)[nH]1. The van der Waals surface area contributed by atoms with E-state index in [0.29, 0.717) is 10.7 Å². The number of carbonyl (C=O) groups excluding carboxylic acids is 1. The Labute approximate surface area is 86.5 Å². The van der Waals surface area contributed by atoms with Crippen LogP contribution in [0.2, 0.25) is 5.02 Å². The zero-order chi connectivity index (χ0) is 9.97. The van der Waals surface area contributed by atoms with Gasteiger partial charge in [0, 0.05) is 10.7 Å². The van der Waals surface area contributed by atoms with E-state index in [1.165, 1.54) is 0 Å². The van der Waals surface area contributed by atoms with Gasteiger partial charge in [0.15, 0.2) is 6.29 Å². The maximum Gasteiger partial charge on any atom is 0.166 e.